The number of carbonyl (C=O) groups is 2. The molecule has 4 nitrogen and oxygen atoms in total. The molecule has 196 valence electrons. The fraction of sp³-hybridized carbons (Fsp3) is 0.333. The topological polar surface area (TPSA) is 49.4 Å². The Morgan fingerprint density at radius 1 is 0.919 bits per heavy atom. The summed E-state index contributed by atoms with van der Waals surface area (Å²) < 4.78 is 0. The number of hydrogen-bond acceptors (Lipinski definition) is 3. The van der Waals surface area contributed by atoms with Crippen LogP contribution in [0.4, 0.5) is 0 Å². The van der Waals surface area contributed by atoms with E-state index in [0.717, 1.165) is 12.0 Å². The quantitative estimate of drug-likeness (QED) is 0.261. The average Bonchev–Trinajstić information content (AvgIpc) is 2.86. The molecule has 0 saturated carbocycles. The van der Waals surface area contributed by atoms with Gasteiger partial charge in [-0.15, -0.1) is 11.8 Å². The first-order valence-electron chi connectivity index (χ1n) is 12.5. The lowest BCUT2D eigenvalue weighted by Gasteiger charge is -2.32. The van der Waals surface area contributed by atoms with Crippen LogP contribution in [0, 0.1) is 13.8 Å². The molecular formula is C30H34Cl2N2O2S. The number of nitrogens with one attached hydrogen (secondary N) is 1. The van der Waals surface area contributed by atoms with Gasteiger partial charge in [0.1, 0.15) is 6.04 Å². The molecule has 3 aromatic carbocycles. The smallest absolute Gasteiger partial charge is 0.243 e. The monoisotopic (exact) mass is 556 g/mol. The molecule has 0 saturated heterocycles. The summed E-state index contributed by atoms with van der Waals surface area (Å²) in [4.78, 5) is 28.8. The van der Waals surface area contributed by atoms with Gasteiger partial charge in [-0.25, -0.2) is 0 Å². The minimum Gasteiger partial charge on any atom is -0.354 e. The van der Waals surface area contributed by atoms with E-state index in [1.165, 1.54) is 16.7 Å². The Kier molecular flexibility index (Phi) is 11.4. The van der Waals surface area contributed by atoms with E-state index in [9.17, 15) is 9.59 Å². The summed E-state index contributed by atoms with van der Waals surface area (Å²) in [6.45, 7) is 6.84. The average molecular weight is 558 g/mol. The van der Waals surface area contributed by atoms with Crippen molar-refractivity contribution in [1.82, 2.24) is 10.2 Å². The molecule has 0 aliphatic rings. The third-order valence-corrected chi connectivity index (χ3v) is 7.68. The highest BCUT2D eigenvalue weighted by Crippen LogP contribution is 2.28. The van der Waals surface area contributed by atoms with Crippen LogP contribution in [0.15, 0.2) is 66.7 Å². The molecule has 0 bridgehead atoms. The first-order valence-corrected chi connectivity index (χ1v) is 14.4. The summed E-state index contributed by atoms with van der Waals surface area (Å²) in [6.07, 6.45) is 1.20. The van der Waals surface area contributed by atoms with Crippen molar-refractivity contribution in [3.8, 4) is 0 Å². The van der Waals surface area contributed by atoms with Gasteiger partial charge in [-0.3, -0.25) is 9.59 Å². The van der Waals surface area contributed by atoms with Crippen molar-refractivity contribution < 1.29 is 9.59 Å². The summed E-state index contributed by atoms with van der Waals surface area (Å²) in [5.74, 6) is 0.640. The zero-order valence-electron chi connectivity index (χ0n) is 21.6. The molecule has 7 heteroatoms. The minimum atomic E-state index is -0.699. The van der Waals surface area contributed by atoms with Crippen LogP contribution in [0.25, 0.3) is 0 Å². The fourth-order valence-corrected chi connectivity index (χ4v) is 5.63. The van der Waals surface area contributed by atoms with Crippen molar-refractivity contribution in [2.45, 2.75) is 52.0 Å². The van der Waals surface area contributed by atoms with Crippen LogP contribution in [0.3, 0.4) is 0 Å². The van der Waals surface area contributed by atoms with Crippen LogP contribution in [0.5, 0.6) is 0 Å². The maximum absolute atomic E-state index is 13.7. The highest BCUT2D eigenvalue weighted by molar-refractivity contribution is 7.99. The normalized spacial score (nSPS) is 11.7. The largest absolute Gasteiger partial charge is 0.354 e. The predicted octanol–water partition coefficient (Wildman–Crippen LogP) is 7.01. The maximum Gasteiger partial charge on any atom is 0.243 e. The highest BCUT2D eigenvalue weighted by atomic mass is 35.5. The molecule has 1 unspecified atom stereocenters. The Hall–Kier alpha value is -2.47. The van der Waals surface area contributed by atoms with Crippen molar-refractivity contribution in [2.24, 2.45) is 0 Å². The molecule has 37 heavy (non-hydrogen) atoms. The minimum absolute atomic E-state index is 0.127. The second-order valence-electron chi connectivity index (χ2n) is 9.21. The van der Waals surface area contributed by atoms with Gasteiger partial charge in [0.05, 0.1) is 5.75 Å². The molecule has 3 aromatic rings. The molecule has 3 rings (SSSR count). The summed E-state index contributed by atoms with van der Waals surface area (Å²) in [7, 11) is 0. The van der Waals surface area contributed by atoms with E-state index in [-0.39, 0.29) is 24.1 Å². The van der Waals surface area contributed by atoms with Gasteiger partial charge in [-0.05, 0) is 43.5 Å². The lowest BCUT2D eigenvalue weighted by atomic mass is 10.0. The summed E-state index contributed by atoms with van der Waals surface area (Å²) in [5.41, 5.74) is 5.20. The number of rotatable bonds is 12. The van der Waals surface area contributed by atoms with E-state index in [4.69, 9.17) is 23.2 Å². The van der Waals surface area contributed by atoms with Gasteiger partial charge < -0.3 is 10.2 Å². The van der Waals surface area contributed by atoms with E-state index in [1.807, 2.05) is 37.3 Å². The van der Waals surface area contributed by atoms with Crippen molar-refractivity contribution in [3.63, 3.8) is 0 Å². The molecule has 0 aliphatic heterocycles. The Morgan fingerprint density at radius 3 is 2.19 bits per heavy atom. The lowest BCUT2D eigenvalue weighted by Crippen LogP contribution is -2.51. The van der Waals surface area contributed by atoms with E-state index in [1.54, 1.807) is 34.9 Å². The second-order valence-corrected chi connectivity index (χ2v) is 11.0. The molecule has 0 spiro atoms. The Bertz CT molecular complexity index is 1160. The zero-order valence-corrected chi connectivity index (χ0v) is 23.9. The first-order chi connectivity index (χ1) is 17.8. The molecule has 2 amide bonds. The predicted molar refractivity (Wildman–Crippen MR) is 156 cm³/mol. The molecular weight excluding hydrogens is 523 g/mol. The van der Waals surface area contributed by atoms with Crippen LogP contribution in [0.2, 0.25) is 10.0 Å². The highest BCUT2D eigenvalue weighted by Gasteiger charge is 2.31. The van der Waals surface area contributed by atoms with Gasteiger partial charge in [0.25, 0.3) is 0 Å². The third kappa shape index (κ3) is 8.80. The molecule has 1 atom stereocenters. The first kappa shape index (κ1) is 29.1. The van der Waals surface area contributed by atoms with Gasteiger partial charge in [0.15, 0.2) is 0 Å². The zero-order chi connectivity index (χ0) is 26.8. The van der Waals surface area contributed by atoms with Crippen molar-refractivity contribution >= 4 is 46.8 Å². The van der Waals surface area contributed by atoms with Gasteiger partial charge in [0, 0.05) is 40.9 Å². The number of carbonyl (C=O) groups excluding carboxylic acids is 2. The van der Waals surface area contributed by atoms with Crippen molar-refractivity contribution in [1.29, 1.82) is 0 Å². The Morgan fingerprint density at radius 2 is 1.57 bits per heavy atom. The van der Waals surface area contributed by atoms with Crippen LogP contribution in [0.1, 0.15) is 41.2 Å². The number of amides is 2. The summed E-state index contributed by atoms with van der Waals surface area (Å²) in [6, 6.07) is 20.8. The molecule has 0 aliphatic carbocycles. The third-order valence-electron chi connectivity index (χ3n) is 5.99. The van der Waals surface area contributed by atoms with E-state index >= 15 is 0 Å². The molecule has 0 fully saturated rings. The standard InChI is InChI=1S/C30H34Cl2N2O2S/c1-4-13-33-30(36)28(17-23-9-6-5-7-10-23)34(18-25-26(31)11-8-12-27(25)32)29(35)20-37-19-24-15-21(2)14-22(3)16-24/h5-12,14-16,28H,4,13,17-20H2,1-3H3,(H,33,36). The van der Waals surface area contributed by atoms with E-state index < -0.39 is 6.04 Å². The second kappa shape index (κ2) is 14.5. The van der Waals surface area contributed by atoms with Crippen molar-refractivity contribution in [2.75, 3.05) is 12.3 Å². The van der Waals surface area contributed by atoms with E-state index in [0.29, 0.717) is 34.3 Å². The number of benzene rings is 3. The number of thioether (sulfide) groups is 1. The van der Waals surface area contributed by atoms with E-state index in [2.05, 4.69) is 37.4 Å². The Balaban J connectivity index is 1.88. The maximum atomic E-state index is 13.7. The number of aryl methyl sites for hydroxylation is 2. The SMILES string of the molecule is CCCNC(=O)C(Cc1ccccc1)N(Cc1c(Cl)cccc1Cl)C(=O)CSCc1cc(C)cc(C)c1. The fourth-order valence-electron chi connectivity index (χ4n) is 4.27. The summed E-state index contributed by atoms with van der Waals surface area (Å²) >= 11 is 14.5. The van der Waals surface area contributed by atoms with Gasteiger partial charge in [-0.2, -0.15) is 0 Å². The number of nitrogens with zero attached hydrogens (tertiary/aromatic N) is 1. The number of halogens is 2. The molecule has 0 aromatic heterocycles. The van der Waals surface area contributed by atoms with Crippen LogP contribution in [-0.2, 0) is 28.3 Å². The molecule has 0 heterocycles. The van der Waals surface area contributed by atoms with Crippen LogP contribution >= 0.6 is 35.0 Å². The summed E-state index contributed by atoms with van der Waals surface area (Å²) in [5, 5.41) is 3.94. The van der Waals surface area contributed by atoms with Crippen molar-refractivity contribution in [3.05, 3.63) is 105 Å². The Labute approximate surface area is 234 Å². The molecule has 1 N–H and O–H groups in total. The van der Waals surface area contributed by atoms with Crippen LogP contribution < -0.4 is 5.32 Å². The van der Waals surface area contributed by atoms with Gasteiger partial charge in [0.2, 0.25) is 11.8 Å². The molecule has 0 radical (unpaired) electrons. The van der Waals surface area contributed by atoms with Crippen LogP contribution in [-0.4, -0.2) is 35.1 Å². The van der Waals surface area contributed by atoms with Gasteiger partial charge in [-0.1, -0.05) is 95.8 Å². The lowest BCUT2D eigenvalue weighted by molar-refractivity contribution is -0.139. The number of hydrogen-bond donors (Lipinski definition) is 1. The van der Waals surface area contributed by atoms with Gasteiger partial charge >= 0.3 is 0 Å².